The molecule has 0 bridgehead atoms. The average molecular weight is 189 g/mol. The van der Waals surface area contributed by atoms with Crippen LogP contribution >= 0.6 is 11.6 Å². The summed E-state index contributed by atoms with van der Waals surface area (Å²) in [6.07, 6.45) is 0. The van der Waals surface area contributed by atoms with Gasteiger partial charge in [0, 0.05) is 5.02 Å². The first-order valence-corrected chi connectivity index (χ1v) is 2.48. The van der Waals surface area contributed by atoms with Crippen LogP contribution in [0.5, 0.6) is 0 Å². The predicted octanol–water partition coefficient (Wildman–Crippen LogP) is 0.888. The molecule has 0 fully saturated rings. The van der Waals surface area contributed by atoms with Crippen LogP contribution in [-0.4, -0.2) is 17.6 Å². The van der Waals surface area contributed by atoms with Gasteiger partial charge in [0.25, 0.3) is 0 Å². The Labute approximate surface area is 64.8 Å². The molecule has 0 saturated heterocycles. The van der Waals surface area contributed by atoms with E-state index in [1.54, 1.807) is 0 Å². The summed E-state index contributed by atoms with van der Waals surface area (Å²) in [6.45, 7) is 0. The molecule has 0 spiro atoms. The molecule has 0 aliphatic heterocycles. The third-order valence-corrected chi connectivity index (χ3v) is 0.985. The number of rotatable bonds is 0. The van der Waals surface area contributed by atoms with Crippen molar-refractivity contribution >= 4 is 29.2 Å². The van der Waals surface area contributed by atoms with Crippen molar-refractivity contribution in [1.82, 2.24) is 0 Å². The first kappa shape index (κ1) is 8.05. The maximum absolute atomic E-state index is 5.54. The van der Waals surface area contributed by atoms with Crippen LogP contribution < -0.4 is 0 Å². The molecule has 1 aromatic carbocycles. The van der Waals surface area contributed by atoms with Gasteiger partial charge in [-0.25, -0.2) is 0 Å². The summed E-state index contributed by atoms with van der Waals surface area (Å²) >= 11 is 5.54. The van der Waals surface area contributed by atoms with E-state index in [2.05, 4.69) is 0 Å². The summed E-state index contributed by atoms with van der Waals surface area (Å²) in [4.78, 5) is 0. The van der Waals surface area contributed by atoms with Crippen molar-refractivity contribution in [1.29, 1.82) is 0 Å². The van der Waals surface area contributed by atoms with Crippen molar-refractivity contribution in [3.63, 3.8) is 0 Å². The molecule has 0 heterocycles. The predicted molar refractivity (Wildman–Crippen MR) is 42.8 cm³/mol. The topological polar surface area (TPSA) is 0 Å². The van der Waals surface area contributed by atoms with E-state index >= 15 is 0 Å². The van der Waals surface area contributed by atoms with Gasteiger partial charge in [0.1, 0.15) is 0 Å². The van der Waals surface area contributed by atoms with Crippen LogP contribution in [0.25, 0.3) is 0 Å². The summed E-state index contributed by atoms with van der Waals surface area (Å²) in [5, 5.41) is 0.794. The number of benzene rings is 1. The van der Waals surface area contributed by atoms with E-state index in [1.807, 2.05) is 30.3 Å². The van der Waals surface area contributed by atoms with E-state index in [-0.39, 0.29) is 17.6 Å². The van der Waals surface area contributed by atoms with Crippen molar-refractivity contribution in [2.45, 2.75) is 0 Å². The van der Waals surface area contributed by atoms with Gasteiger partial charge in [-0.05, 0) is 12.1 Å². The summed E-state index contributed by atoms with van der Waals surface area (Å²) in [5.74, 6) is 0. The molecule has 0 amide bonds. The number of hydrogen-bond donors (Lipinski definition) is 0. The molecular weight excluding hydrogens is 180 g/mol. The third-order valence-electron chi connectivity index (χ3n) is 0.733. The SMILES string of the molecule is Clc1ccccc1.[GeH4]. The second kappa shape index (κ2) is 3.98. The van der Waals surface area contributed by atoms with Crippen LogP contribution in [0, 0.1) is 0 Å². The molecule has 0 aliphatic rings. The van der Waals surface area contributed by atoms with Crippen molar-refractivity contribution in [3.05, 3.63) is 35.4 Å². The van der Waals surface area contributed by atoms with Crippen molar-refractivity contribution in [2.75, 3.05) is 0 Å². The normalized spacial score (nSPS) is 7.62. The molecule has 2 heteroatoms. The van der Waals surface area contributed by atoms with Crippen molar-refractivity contribution in [3.8, 4) is 0 Å². The van der Waals surface area contributed by atoms with Gasteiger partial charge in [-0.15, -0.1) is 0 Å². The monoisotopic (exact) mass is 190 g/mol. The second-order valence-corrected chi connectivity index (χ2v) is 1.73. The van der Waals surface area contributed by atoms with E-state index in [0.717, 1.165) is 5.02 Å². The Kier molecular flexibility index (Phi) is 4.01. The quantitative estimate of drug-likeness (QED) is 0.532. The number of hydrogen-bond acceptors (Lipinski definition) is 0. The molecule has 44 valence electrons. The molecule has 1 aromatic rings. The maximum atomic E-state index is 5.54. The summed E-state index contributed by atoms with van der Waals surface area (Å²) in [5.41, 5.74) is 0. The van der Waals surface area contributed by atoms with E-state index in [4.69, 9.17) is 11.6 Å². The Morgan fingerprint density at radius 3 is 1.75 bits per heavy atom. The fourth-order valence-electron chi connectivity index (χ4n) is 0.415. The minimum absolute atomic E-state index is 0. The zero-order valence-corrected chi connectivity index (χ0v) is 4.52. The van der Waals surface area contributed by atoms with Crippen LogP contribution in [0.4, 0.5) is 0 Å². The molecule has 0 aromatic heterocycles. The Hall–Kier alpha value is 0.0529. The van der Waals surface area contributed by atoms with Crippen molar-refractivity contribution in [2.24, 2.45) is 0 Å². The minimum atomic E-state index is 0. The van der Waals surface area contributed by atoms with Gasteiger partial charge in [-0.1, -0.05) is 29.8 Å². The van der Waals surface area contributed by atoms with Gasteiger partial charge in [-0.2, -0.15) is 0 Å². The summed E-state index contributed by atoms with van der Waals surface area (Å²) < 4.78 is 0. The van der Waals surface area contributed by atoms with Gasteiger partial charge in [-0.3, -0.25) is 0 Å². The van der Waals surface area contributed by atoms with E-state index in [1.165, 1.54) is 0 Å². The van der Waals surface area contributed by atoms with Gasteiger partial charge in [0.05, 0.1) is 0 Å². The zero-order chi connectivity index (χ0) is 5.11. The van der Waals surface area contributed by atoms with E-state index in [0.29, 0.717) is 0 Å². The Morgan fingerprint density at radius 1 is 1.00 bits per heavy atom. The molecule has 8 heavy (non-hydrogen) atoms. The molecule has 0 nitrogen and oxygen atoms in total. The van der Waals surface area contributed by atoms with E-state index in [9.17, 15) is 0 Å². The molecule has 0 atom stereocenters. The van der Waals surface area contributed by atoms with Crippen LogP contribution in [0.2, 0.25) is 5.02 Å². The summed E-state index contributed by atoms with van der Waals surface area (Å²) in [7, 11) is 0. The molecule has 0 radical (unpaired) electrons. The summed E-state index contributed by atoms with van der Waals surface area (Å²) in [6, 6.07) is 9.44. The van der Waals surface area contributed by atoms with Crippen LogP contribution in [0.15, 0.2) is 30.3 Å². The molecule has 0 saturated carbocycles. The first-order chi connectivity index (χ1) is 3.39. The van der Waals surface area contributed by atoms with Crippen LogP contribution in [0.1, 0.15) is 0 Å². The fourth-order valence-corrected chi connectivity index (χ4v) is 0.560. The van der Waals surface area contributed by atoms with Crippen LogP contribution in [0.3, 0.4) is 0 Å². The standard InChI is InChI=1S/C6H5Cl.GeH4/c7-6-4-2-1-3-5-6;/h1-5H;1H4. The second-order valence-electron chi connectivity index (χ2n) is 1.30. The van der Waals surface area contributed by atoms with Crippen molar-refractivity contribution < 1.29 is 0 Å². The molecule has 0 unspecified atom stereocenters. The van der Waals surface area contributed by atoms with Gasteiger partial charge < -0.3 is 0 Å². The zero-order valence-electron chi connectivity index (χ0n) is 3.76. The van der Waals surface area contributed by atoms with Gasteiger partial charge in [0.15, 0.2) is 0 Å². The fraction of sp³-hybridized carbons (Fsp3) is 0. The molecular formula is C6H9ClGe. The molecule has 1 rings (SSSR count). The van der Waals surface area contributed by atoms with E-state index < -0.39 is 0 Å². The molecule has 0 aliphatic carbocycles. The molecule has 0 N–H and O–H groups in total. The first-order valence-electron chi connectivity index (χ1n) is 2.10. The Bertz CT molecular complexity index is 138. The Balaban J connectivity index is 0.000000490. The van der Waals surface area contributed by atoms with Gasteiger partial charge in [0.2, 0.25) is 0 Å². The third kappa shape index (κ3) is 2.38. The van der Waals surface area contributed by atoms with Crippen LogP contribution in [-0.2, 0) is 0 Å². The number of halogens is 1. The Morgan fingerprint density at radius 2 is 1.50 bits per heavy atom. The van der Waals surface area contributed by atoms with Gasteiger partial charge >= 0.3 is 17.6 Å². The average Bonchev–Trinajstić information content (AvgIpc) is 1.69.